The number of Topliss-reactive ketones (excluding diaryl/α,β-unsaturated/α-hetero) is 1. The molecule has 0 bridgehead atoms. The Morgan fingerprint density at radius 3 is 2.62 bits per heavy atom. The van der Waals surface area contributed by atoms with Crippen molar-refractivity contribution in [2.45, 2.75) is 19.5 Å². The minimum Gasteiger partial charge on any atom is -0.351 e. The highest BCUT2D eigenvalue weighted by Gasteiger charge is 2.27. The lowest BCUT2D eigenvalue weighted by Gasteiger charge is -2.16. The lowest BCUT2D eigenvalue weighted by molar-refractivity contribution is -0.132. The van der Waals surface area contributed by atoms with E-state index >= 15 is 0 Å². The molecule has 0 fully saturated rings. The molecule has 0 aliphatic rings. The van der Waals surface area contributed by atoms with Gasteiger partial charge in [-0.2, -0.15) is 13.2 Å². The number of halogens is 3. The summed E-state index contributed by atoms with van der Waals surface area (Å²) >= 11 is 1.16. The molecule has 1 rings (SSSR count). The van der Waals surface area contributed by atoms with Gasteiger partial charge in [0.25, 0.3) is 0 Å². The van der Waals surface area contributed by atoms with Crippen LogP contribution in [0.4, 0.5) is 18.3 Å². The molecule has 7 heteroatoms. The van der Waals surface area contributed by atoms with Crippen LogP contribution in [0.2, 0.25) is 0 Å². The van der Waals surface area contributed by atoms with Crippen molar-refractivity contribution in [2.75, 3.05) is 18.5 Å². The minimum atomic E-state index is -4.17. The van der Waals surface area contributed by atoms with Crippen LogP contribution in [0, 0.1) is 0 Å². The third-order valence-corrected chi connectivity index (χ3v) is 2.86. The number of nitrogens with zero attached hydrogens (tertiary/aromatic N) is 2. The van der Waals surface area contributed by atoms with Gasteiger partial charge in [0.05, 0.1) is 6.42 Å². The summed E-state index contributed by atoms with van der Waals surface area (Å²) in [4.78, 5) is 16.3. The Balaban J connectivity index is 2.59. The number of carbonyl (C=O) groups is 1. The molecule has 0 atom stereocenters. The molecule has 0 spiro atoms. The predicted molar refractivity (Wildman–Crippen MR) is 56.1 cm³/mol. The normalized spacial score (nSPS) is 11.6. The summed E-state index contributed by atoms with van der Waals surface area (Å²) in [5, 5.41) is 1.97. The predicted octanol–water partition coefficient (Wildman–Crippen LogP) is 2.73. The van der Waals surface area contributed by atoms with E-state index in [0.29, 0.717) is 10.8 Å². The van der Waals surface area contributed by atoms with Crippen LogP contribution in [0.25, 0.3) is 0 Å². The number of aromatic nitrogens is 1. The van der Waals surface area contributed by atoms with Crippen LogP contribution in [0.15, 0.2) is 5.38 Å². The number of alkyl halides is 3. The highest BCUT2D eigenvalue weighted by Crippen LogP contribution is 2.23. The van der Waals surface area contributed by atoms with Crippen molar-refractivity contribution in [2.24, 2.45) is 0 Å². The first-order chi connectivity index (χ1) is 7.29. The van der Waals surface area contributed by atoms with Crippen LogP contribution < -0.4 is 4.90 Å². The van der Waals surface area contributed by atoms with Crippen LogP contribution in [-0.2, 0) is 0 Å². The summed E-state index contributed by atoms with van der Waals surface area (Å²) in [5.41, 5.74) is 0.291. The maximum atomic E-state index is 12.0. The molecule has 1 aromatic rings. The van der Waals surface area contributed by atoms with Crippen LogP contribution in [-0.4, -0.2) is 30.5 Å². The van der Waals surface area contributed by atoms with E-state index in [0.717, 1.165) is 11.3 Å². The smallest absolute Gasteiger partial charge is 0.351 e. The second-order valence-electron chi connectivity index (χ2n) is 3.36. The van der Waals surface area contributed by atoms with Gasteiger partial charge in [-0.25, -0.2) is 4.98 Å². The van der Waals surface area contributed by atoms with E-state index in [2.05, 4.69) is 4.98 Å². The quantitative estimate of drug-likeness (QED) is 0.772. The van der Waals surface area contributed by atoms with Gasteiger partial charge in [0.2, 0.25) is 0 Å². The second kappa shape index (κ2) is 4.82. The summed E-state index contributed by atoms with van der Waals surface area (Å²) < 4.78 is 35.9. The van der Waals surface area contributed by atoms with Gasteiger partial charge in [-0.05, 0) is 0 Å². The van der Waals surface area contributed by atoms with Gasteiger partial charge in [0.1, 0.15) is 5.69 Å². The van der Waals surface area contributed by atoms with Gasteiger partial charge in [-0.15, -0.1) is 11.3 Å². The zero-order valence-electron chi connectivity index (χ0n) is 8.84. The molecule has 0 saturated carbocycles. The molecule has 0 aliphatic carbocycles. The fraction of sp³-hybridized carbons (Fsp3) is 0.556. The van der Waals surface area contributed by atoms with Crippen LogP contribution in [0.1, 0.15) is 23.8 Å². The van der Waals surface area contributed by atoms with E-state index in [1.807, 2.05) is 0 Å². The average molecular weight is 252 g/mol. The van der Waals surface area contributed by atoms with Crippen molar-refractivity contribution < 1.29 is 18.0 Å². The maximum absolute atomic E-state index is 12.0. The molecule has 0 saturated heterocycles. The first-order valence-electron chi connectivity index (χ1n) is 4.54. The highest BCUT2D eigenvalue weighted by molar-refractivity contribution is 7.13. The summed E-state index contributed by atoms with van der Waals surface area (Å²) in [6.45, 7) is 1.21. The molecule has 0 aromatic carbocycles. The van der Waals surface area contributed by atoms with E-state index in [9.17, 15) is 18.0 Å². The molecule has 0 aliphatic heterocycles. The Morgan fingerprint density at radius 1 is 1.56 bits per heavy atom. The first kappa shape index (κ1) is 13.0. The Labute approximate surface area is 94.9 Å². The van der Waals surface area contributed by atoms with Crippen molar-refractivity contribution in [1.29, 1.82) is 0 Å². The van der Waals surface area contributed by atoms with Crippen molar-refractivity contribution in [3.05, 3.63) is 11.1 Å². The van der Waals surface area contributed by atoms with Gasteiger partial charge < -0.3 is 4.90 Å². The van der Waals surface area contributed by atoms with Gasteiger partial charge in [0.15, 0.2) is 10.9 Å². The standard InChI is InChI=1S/C9H11F3N2OS/c1-6(15)7-5-16-8(13-7)14(2)4-3-9(10,11)12/h5H,3-4H2,1-2H3. The number of thiazole rings is 1. The summed E-state index contributed by atoms with van der Waals surface area (Å²) in [7, 11) is 1.52. The van der Waals surface area contributed by atoms with E-state index in [-0.39, 0.29) is 12.3 Å². The second-order valence-corrected chi connectivity index (χ2v) is 4.19. The van der Waals surface area contributed by atoms with E-state index in [1.165, 1.54) is 18.9 Å². The zero-order valence-corrected chi connectivity index (χ0v) is 9.65. The van der Waals surface area contributed by atoms with Gasteiger partial charge in [-0.3, -0.25) is 4.79 Å². The molecular formula is C9H11F3N2OS. The summed E-state index contributed by atoms with van der Waals surface area (Å²) in [6, 6.07) is 0. The molecule has 3 nitrogen and oxygen atoms in total. The SMILES string of the molecule is CC(=O)c1csc(N(C)CCC(F)(F)F)n1. The van der Waals surface area contributed by atoms with Gasteiger partial charge >= 0.3 is 6.18 Å². The van der Waals surface area contributed by atoms with Crippen LogP contribution in [0.3, 0.4) is 0 Å². The molecule has 0 amide bonds. The monoisotopic (exact) mass is 252 g/mol. The third kappa shape index (κ3) is 3.80. The van der Waals surface area contributed by atoms with Crippen molar-refractivity contribution in [1.82, 2.24) is 4.98 Å². The van der Waals surface area contributed by atoms with Crippen LogP contribution >= 0.6 is 11.3 Å². The van der Waals surface area contributed by atoms with Crippen molar-refractivity contribution in [3.8, 4) is 0 Å². The van der Waals surface area contributed by atoms with Crippen molar-refractivity contribution >= 4 is 22.3 Å². The Morgan fingerprint density at radius 2 is 2.19 bits per heavy atom. The molecule has 0 unspecified atom stereocenters. The Kier molecular flexibility index (Phi) is 3.90. The lowest BCUT2D eigenvalue weighted by atomic mass is 10.3. The number of ketones is 1. The number of rotatable bonds is 4. The molecule has 16 heavy (non-hydrogen) atoms. The third-order valence-electron chi connectivity index (χ3n) is 1.91. The fourth-order valence-corrected chi connectivity index (χ4v) is 1.85. The van der Waals surface area contributed by atoms with Crippen LogP contribution in [0.5, 0.6) is 0 Å². The zero-order chi connectivity index (χ0) is 12.3. The topological polar surface area (TPSA) is 33.2 Å². The lowest BCUT2D eigenvalue weighted by Crippen LogP contribution is -2.23. The number of anilines is 1. The van der Waals surface area contributed by atoms with Gasteiger partial charge in [-0.1, -0.05) is 0 Å². The maximum Gasteiger partial charge on any atom is 0.390 e. The minimum absolute atomic E-state index is 0.158. The van der Waals surface area contributed by atoms with E-state index < -0.39 is 12.6 Å². The highest BCUT2D eigenvalue weighted by atomic mass is 32.1. The number of hydrogen-bond acceptors (Lipinski definition) is 4. The average Bonchev–Trinajstić information content (AvgIpc) is 2.61. The Hall–Kier alpha value is -1.11. The van der Waals surface area contributed by atoms with Crippen molar-refractivity contribution in [3.63, 3.8) is 0 Å². The molecule has 0 N–H and O–H groups in total. The molecule has 1 aromatic heterocycles. The summed E-state index contributed by atoms with van der Waals surface area (Å²) in [5.74, 6) is -0.188. The number of hydrogen-bond donors (Lipinski definition) is 0. The van der Waals surface area contributed by atoms with E-state index in [4.69, 9.17) is 0 Å². The molecule has 0 radical (unpaired) electrons. The first-order valence-corrected chi connectivity index (χ1v) is 5.42. The fourth-order valence-electron chi connectivity index (χ4n) is 0.991. The number of carbonyl (C=O) groups excluding carboxylic acids is 1. The summed E-state index contributed by atoms with van der Waals surface area (Å²) in [6.07, 6.45) is -5.06. The molecule has 90 valence electrons. The van der Waals surface area contributed by atoms with Gasteiger partial charge in [0, 0.05) is 25.9 Å². The molecule has 1 heterocycles. The van der Waals surface area contributed by atoms with E-state index in [1.54, 1.807) is 5.38 Å². The Bertz CT molecular complexity index is 375. The largest absolute Gasteiger partial charge is 0.390 e. The molecular weight excluding hydrogens is 241 g/mol.